The average Bonchev–Trinajstić information content (AvgIpc) is 1.86. The molecule has 4 nitrogen and oxygen atoms in total. The Kier molecular flexibility index (Phi) is 4.72. The van der Waals surface area contributed by atoms with E-state index in [0.29, 0.717) is 5.75 Å². The van der Waals surface area contributed by atoms with Crippen molar-refractivity contribution in [3.8, 4) is 0 Å². The standard InChI is InChI=1S/C6H11NO3S/c1-4(8)5(7)2-11-3-6(9)10/h5,8H,1-3,7H2,(H,9,10). The summed E-state index contributed by atoms with van der Waals surface area (Å²) in [5.74, 6) is -0.614. The van der Waals surface area contributed by atoms with E-state index >= 15 is 0 Å². The van der Waals surface area contributed by atoms with Gasteiger partial charge in [-0.15, -0.1) is 11.8 Å². The predicted octanol–water partition coefficient (Wildman–Crippen LogP) is 0.203. The number of carboxylic acids is 1. The lowest BCUT2D eigenvalue weighted by Crippen LogP contribution is -2.25. The first kappa shape index (κ1) is 10.3. The Morgan fingerprint density at radius 3 is 2.55 bits per heavy atom. The second-order valence-corrected chi connectivity index (χ2v) is 3.04. The molecule has 0 aliphatic rings. The summed E-state index contributed by atoms with van der Waals surface area (Å²) in [5, 5.41) is 16.9. The van der Waals surface area contributed by atoms with Crippen molar-refractivity contribution in [2.45, 2.75) is 6.04 Å². The Morgan fingerprint density at radius 2 is 2.18 bits per heavy atom. The Morgan fingerprint density at radius 1 is 1.64 bits per heavy atom. The number of aliphatic carboxylic acids is 1. The van der Waals surface area contributed by atoms with Crippen molar-refractivity contribution in [2.75, 3.05) is 11.5 Å². The molecule has 0 aromatic carbocycles. The minimum Gasteiger partial charge on any atom is -0.511 e. The molecule has 0 saturated carbocycles. The van der Waals surface area contributed by atoms with E-state index in [-0.39, 0.29) is 11.5 Å². The molecule has 0 rings (SSSR count). The largest absolute Gasteiger partial charge is 0.511 e. The lowest BCUT2D eigenvalue weighted by atomic mass is 10.3. The maximum Gasteiger partial charge on any atom is 0.313 e. The molecular weight excluding hydrogens is 166 g/mol. The van der Waals surface area contributed by atoms with Gasteiger partial charge in [0.05, 0.1) is 11.8 Å². The molecule has 0 bridgehead atoms. The summed E-state index contributed by atoms with van der Waals surface area (Å²) in [4.78, 5) is 10.0. The van der Waals surface area contributed by atoms with Gasteiger partial charge in [0.25, 0.3) is 0 Å². The van der Waals surface area contributed by atoms with Crippen molar-refractivity contribution in [3.05, 3.63) is 12.3 Å². The first-order valence-corrected chi connectivity index (χ1v) is 4.12. The lowest BCUT2D eigenvalue weighted by molar-refractivity contribution is -0.133. The third-order valence-corrected chi connectivity index (χ3v) is 2.00. The minimum absolute atomic E-state index is 0.000972. The predicted molar refractivity (Wildman–Crippen MR) is 44.7 cm³/mol. The van der Waals surface area contributed by atoms with Gasteiger partial charge in [0.15, 0.2) is 0 Å². The third kappa shape index (κ3) is 5.75. The highest BCUT2D eigenvalue weighted by molar-refractivity contribution is 7.99. The SMILES string of the molecule is C=C(O)C(N)CSCC(=O)O. The average molecular weight is 177 g/mol. The van der Waals surface area contributed by atoms with Gasteiger partial charge in [0.2, 0.25) is 0 Å². The highest BCUT2D eigenvalue weighted by Crippen LogP contribution is 2.04. The number of carboxylic acid groups (broad SMARTS) is 1. The van der Waals surface area contributed by atoms with Crippen LogP contribution in [-0.2, 0) is 4.79 Å². The van der Waals surface area contributed by atoms with Crippen molar-refractivity contribution in [2.24, 2.45) is 5.73 Å². The zero-order valence-corrected chi connectivity index (χ0v) is 6.80. The highest BCUT2D eigenvalue weighted by atomic mass is 32.2. The van der Waals surface area contributed by atoms with Crippen molar-refractivity contribution < 1.29 is 15.0 Å². The topological polar surface area (TPSA) is 83.5 Å². The molecule has 4 N–H and O–H groups in total. The van der Waals surface area contributed by atoms with Crippen LogP contribution in [0.4, 0.5) is 0 Å². The van der Waals surface area contributed by atoms with Crippen LogP contribution >= 0.6 is 11.8 Å². The second kappa shape index (κ2) is 5.03. The Balaban J connectivity index is 3.39. The Bertz CT molecular complexity index is 160. The van der Waals surface area contributed by atoms with E-state index in [2.05, 4.69) is 6.58 Å². The van der Waals surface area contributed by atoms with E-state index in [1.165, 1.54) is 0 Å². The molecule has 0 aromatic rings. The molecule has 0 aliphatic carbocycles. The molecule has 64 valence electrons. The molecular formula is C6H11NO3S. The van der Waals surface area contributed by atoms with Gasteiger partial charge in [0.1, 0.15) is 5.76 Å². The highest BCUT2D eigenvalue weighted by Gasteiger charge is 2.06. The molecule has 11 heavy (non-hydrogen) atoms. The van der Waals surface area contributed by atoms with E-state index in [9.17, 15) is 4.79 Å². The molecule has 0 fully saturated rings. The van der Waals surface area contributed by atoms with Crippen LogP contribution in [0, 0.1) is 0 Å². The van der Waals surface area contributed by atoms with Crippen molar-refractivity contribution in [1.29, 1.82) is 0 Å². The van der Waals surface area contributed by atoms with Gasteiger partial charge >= 0.3 is 5.97 Å². The molecule has 1 atom stereocenters. The summed E-state index contributed by atoms with van der Waals surface area (Å²) >= 11 is 1.15. The number of hydrogen-bond acceptors (Lipinski definition) is 4. The number of aliphatic hydroxyl groups excluding tert-OH is 1. The Hall–Kier alpha value is -0.680. The smallest absolute Gasteiger partial charge is 0.313 e. The van der Waals surface area contributed by atoms with Gasteiger partial charge in [-0.1, -0.05) is 6.58 Å². The van der Waals surface area contributed by atoms with Gasteiger partial charge in [-0.25, -0.2) is 0 Å². The van der Waals surface area contributed by atoms with E-state index in [1.807, 2.05) is 0 Å². The molecule has 0 aromatic heterocycles. The Labute approximate surface area is 69.1 Å². The van der Waals surface area contributed by atoms with E-state index in [4.69, 9.17) is 15.9 Å². The number of carbonyl (C=O) groups is 1. The zero-order valence-electron chi connectivity index (χ0n) is 5.99. The molecule has 0 radical (unpaired) electrons. The fraction of sp³-hybridized carbons (Fsp3) is 0.500. The van der Waals surface area contributed by atoms with Gasteiger partial charge in [0, 0.05) is 5.75 Å². The molecule has 0 amide bonds. The van der Waals surface area contributed by atoms with Crippen molar-refractivity contribution >= 4 is 17.7 Å². The minimum atomic E-state index is -0.884. The molecule has 1 unspecified atom stereocenters. The normalized spacial score (nSPS) is 12.5. The van der Waals surface area contributed by atoms with Crippen LogP contribution in [0.5, 0.6) is 0 Å². The summed E-state index contributed by atoms with van der Waals surface area (Å²) in [6.45, 7) is 3.22. The summed E-state index contributed by atoms with van der Waals surface area (Å²) in [5.41, 5.74) is 5.34. The van der Waals surface area contributed by atoms with Crippen LogP contribution in [0.15, 0.2) is 12.3 Å². The first-order chi connectivity index (χ1) is 5.04. The number of thioether (sulfide) groups is 1. The fourth-order valence-corrected chi connectivity index (χ4v) is 1.11. The van der Waals surface area contributed by atoms with Crippen molar-refractivity contribution in [1.82, 2.24) is 0 Å². The number of aliphatic hydroxyl groups is 1. The van der Waals surface area contributed by atoms with Gasteiger partial charge < -0.3 is 15.9 Å². The van der Waals surface area contributed by atoms with Crippen LogP contribution in [0.2, 0.25) is 0 Å². The summed E-state index contributed by atoms with van der Waals surface area (Å²) in [7, 11) is 0. The number of nitrogens with two attached hydrogens (primary N) is 1. The van der Waals surface area contributed by atoms with Crippen LogP contribution in [-0.4, -0.2) is 33.7 Å². The maximum absolute atomic E-state index is 10.0. The number of rotatable bonds is 5. The molecule has 0 aliphatic heterocycles. The molecule has 0 spiro atoms. The van der Waals surface area contributed by atoms with Crippen LogP contribution in [0.1, 0.15) is 0 Å². The quantitative estimate of drug-likeness (QED) is 0.522. The fourth-order valence-electron chi connectivity index (χ4n) is 0.369. The first-order valence-electron chi connectivity index (χ1n) is 2.97. The molecule has 0 heterocycles. The van der Waals surface area contributed by atoms with Crippen LogP contribution in [0.25, 0.3) is 0 Å². The van der Waals surface area contributed by atoms with Crippen LogP contribution in [0.3, 0.4) is 0 Å². The van der Waals surface area contributed by atoms with E-state index < -0.39 is 12.0 Å². The van der Waals surface area contributed by atoms with Crippen molar-refractivity contribution in [3.63, 3.8) is 0 Å². The monoisotopic (exact) mass is 177 g/mol. The summed E-state index contributed by atoms with van der Waals surface area (Å²) in [6, 6.07) is -0.528. The van der Waals surface area contributed by atoms with E-state index in [1.54, 1.807) is 0 Å². The lowest BCUT2D eigenvalue weighted by Gasteiger charge is -2.07. The molecule has 5 heteroatoms. The van der Waals surface area contributed by atoms with E-state index in [0.717, 1.165) is 11.8 Å². The van der Waals surface area contributed by atoms with Gasteiger partial charge in [-0.2, -0.15) is 0 Å². The third-order valence-electron chi connectivity index (χ3n) is 0.951. The maximum atomic E-state index is 10.0. The van der Waals surface area contributed by atoms with Crippen LogP contribution < -0.4 is 5.73 Å². The summed E-state index contributed by atoms with van der Waals surface area (Å²) in [6.07, 6.45) is 0. The number of hydrogen-bond donors (Lipinski definition) is 3. The zero-order chi connectivity index (χ0) is 8.85. The summed E-state index contributed by atoms with van der Waals surface area (Å²) < 4.78 is 0. The van der Waals surface area contributed by atoms with Gasteiger partial charge in [-0.3, -0.25) is 4.79 Å². The molecule has 0 saturated heterocycles. The van der Waals surface area contributed by atoms with Gasteiger partial charge in [-0.05, 0) is 0 Å². The second-order valence-electron chi connectivity index (χ2n) is 2.01.